The number of carbonyl (C=O) groups is 1. The fourth-order valence-corrected chi connectivity index (χ4v) is 2.60. The summed E-state index contributed by atoms with van der Waals surface area (Å²) in [6.45, 7) is 5.10. The highest BCUT2D eigenvalue weighted by molar-refractivity contribution is 6.34. The largest absolute Gasteiger partial charge is 0.379 e. The molecule has 6 heteroatoms. The summed E-state index contributed by atoms with van der Waals surface area (Å²) in [4.78, 5) is 12.3. The molecule has 1 N–H and O–H groups in total. The Morgan fingerprint density at radius 1 is 1.57 bits per heavy atom. The Bertz CT molecular complexity index is 522. The molecule has 1 aliphatic rings. The van der Waals surface area contributed by atoms with Gasteiger partial charge < -0.3 is 14.8 Å². The van der Waals surface area contributed by atoms with Crippen molar-refractivity contribution < 1.29 is 18.7 Å². The van der Waals surface area contributed by atoms with Gasteiger partial charge in [0, 0.05) is 13.2 Å². The zero-order valence-electron chi connectivity index (χ0n) is 12.1. The van der Waals surface area contributed by atoms with E-state index in [4.69, 9.17) is 21.1 Å². The van der Waals surface area contributed by atoms with Gasteiger partial charge in [-0.1, -0.05) is 17.7 Å². The molecule has 1 saturated heterocycles. The van der Waals surface area contributed by atoms with Crippen LogP contribution in [-0.2, 0) is 9.47 Å². The number of ether oxygens (including phenoxy) is 2. The number of hydrogen-bond acceptors (Lipinski definition) is 3. The van der Waals surface area contributed by atoms with Gasteiger partial charge in [-0.05, 0) is 31.9 Å². The van der Waals surface area contributed by atoms with E-state index in [0.29, 0.717) is 31.8 Å². The second-order valence-electron chi connectivity index (χ2n) is 4.99. The average Bonchev–Trinajstić information content (AvgIpc) is 2.46. The van der Waals surface area contributed by atoms with E-state index >= 15 is 0 Å². The second-order valence-corrected chi connectivity index (χ2v) is 5.37. The lowest BCUT2D eigenvalue weighted by molar-refractivity contribution is -0.0632. The zero-order valence-corrected chi connectivity index (χ0v) is 12.9. The van der Waals surface area contributed by atoms with Gasteiger partial charge in [-0.2, -0.15) is 0 Å². The predicted molar refractivity (Wildman–Crippen MR) is 78.3 cm³/mol. The van der Waals surface area contributed by atoms with E-state index in [9.17, 15) is 9.18 Å². The van der Waals surface area contributed by atoms with Crippen molar-refractivity contribution in [2.75, 3.05) is 19.8 Å². The molecule has 0 unspecified atom stereocenters. The van der Waals surface area contributed by atoms with Crippen LogP contribution in [0.4, 0.5) is 4.39 Å². The van der Waals surface area contributed by atoms with Crippen molar-refractivity contribution in [3.8, 4) is 0 Å². The molecule has 0 radical (unpaired) electrons. The maximum Gasteiger partial charge on any atom is 0.256 e. The molecule has 0 bridgehead atoms. The maximum absolute atomic E-state index is 13.9. The van der Waals surface area contributed by atoms with Crippen molar-refractivity contribution >= 4 is 17.5 Å². The molecule has 1 aromatic carbocycles. The van der Waals surface area contributed by atoms with Crippen molar-refractivity contribution in [2.45, 2.75) is 32.4 Å². The normalized spacial score (nSPS) is 22.1. The van der Waals surface area contributed by atoms with Crippen molar-refractivity contribution in [1.82, 2.24) is 5.32 Å². The van der Waals surface area contributed by atoms with Crippen LogP contribution in [0.15, 0.2) is 12.1 Å². The van der Waals surface area contributed by atoms with Crippen molar-refractivity contribution in [2.24, 2.45) is 0 Å². The number of aryl methyl sites for hydroxylation is 1. The number of halogens is 2. The smallest absolute Gasteiger partial charge is 0.256 e. The molecule has 116 valence electrons. The molecule has 2 rings (SSSR count). The first kappa shape index (κ1) is 16.2. The van der Waals surface area contributed by atoms with E-state index in [1.54, 1.807) is 13.0 Å². The SMILES string of the molecule is CCO[C@@H]1COCC[C@H]1NC(=O)c1c(F)ccc(C)c1Cl. The van der Waals surface area contributed by atoms with Gasteiger partial charge in [0.2, 0.25) is 0 Å². The van der Waals surface area contributed by atoms with Gasteiger partial charge in [-0.3, -0.25) is 4.79 Å². The number of nitrogens with one attached hydrogen (secondary N) is 1. The molecule has 0 spiro atoms. The van der Waals surface area contributed by atoms with E-state index in [0.717, 1.165) is 0 Å². The molecule has 1 fully saturated rings. The van der Waals surface area contributed by atoms with Crippen molar-refractivity contribution in [1.29, 1.82) is 0 Å². The third-order valence-corrected chi connectivity index (χ3v) is 4.00. The Morgan fingerprint density at radius 3 is 3.05 bits per heavy atom. The first-order valence-electron chi connectivity index (χ1n) is 6.99. The molecule has 1 aliphatic heterocycles. The van der Waals surface area contributed by atoms with Gasteiger partial charge in [0.25, 0.3) is 5.91 Å². The van der Waals surface area contributed by atoms with Gasteiger partial charge in [0.1, 0.15) is 11.9 Å². The summed E-state index contributed by atoms with van der Waals surface area (Å²) in [7, 11) is 0. The molecular formula is C15H19ClFNO3. The standard InChI is InChI=1S/C15H19ClFNO3/c1-3-21-12-8-20-7-6-11(12)18-15(19)13-10(17)5-4-9(2)14(13)16/h4-5,11-12H,3,6-8H2,1-2H3,(H,18,19)/t11-,12-/m1/s1. The van der Waals surface area contributed by atoms with Gasteiger partial charge in [0.15, 0.2) is 0 Å². The Balaban J connectivity index is 2.15. The van der Waals surface area contributed by atoms with Gasteiger partial charge in [0.05, 0.1) is 23.2 Å². The fraction of sp³-hybridized carbons (Fsp3) is 0.533. The van der Waals surface area contributed by atoms with Gasteiger partial charge in [-0.25, -0.2) is 4.39 Å². The number of hydrogen-bond donors (Lipinski definition) is 1. The fourth-order valence-electron chi connectivity index (χ4n) is 2.36. The highest BCUT2D eigenvalue weighted by atomic mass is 35.5. The maximum atomic E-state index is 13.9. The van der Waals surface area contributed by atoms with Crippen molar-refractivity contribution in [3.63, 3.8) is 0 Å². The quantitative estimate of drug-likeness (QED) is 0.929. The van der Waals surface area contributed by atoms with Crippen LogP contribution in [-0.4, -0.2) is 37.9 Å². The molecule has 0 aliphatic carbocycles. The van der Waals surface area contributed by atoms with E-state index in [2.05, 4.69) is 5.32 Å². The lowest BCUT2D eigenvalue weighted by atomic mass is 10.0. The van der Waals surface area contributed by atoms with Crippen LogP contribution in [0.25, 0.3) is 0 Å². The minimum atomic E-state index is -0.622. The molecule has 1 heterocycles. The highest BCUT2D eigenvalue weighted by Gasteiger charge is 2.29. The summed E-state index contributed by atoms with van der Waals surface area (Å²) in [6.07, 6.45) is 0.404. The summed E-state index contributed by atoms with van der Waals surface area (Å²) in [6, 6.07) is 2.59. The summed E-state index contributed by atoms with van der Waals surface area (Å²) < 4.78 is 24.8. The lowest BCUT2D eigenvalue weighted by Crippen LogP contribution is -2.50. The molecule has 21 heavy (non-hydrogen) atoms. The van der Waals surface area contributed by atoms with Gasteiger partial charge >= 0.3 is 0 Å². The van der Waals surface area contributed by atoms with Crippen LogP contribution >= 0.6 is 11.6 Å². The highest BCUT2D eigenvalue weighted by Crippen LogP contribution is 2.24. The molecule has 0 aromatic heterocycles. The number of carbonyl (C=O) groups excluding carboxylic acids is 1. The van der Waals surface area contributed by atoms with Gasteiger partial charge in [-0.15, -0.1) is 0 Å². The predicted octanol–water partition coefficient (Wildman–Crippen LogP) is 2.71. The summed E-state index contributed by atoms with van der Waals surface area (Å²) >= 11 is 6.05. The summed E-state index contributed by atoms with van der Waals surface area (Å²) in [5, 5.41) is 2.96. The van der Waals surface area contributed by atoms with Crippen LogP contribution in [0, 0.1) is 12.7 Å². The Kier molecular flexibility index (Phi) is 5.56. The summed E-state index contributed by atoms with van der Waals surface area (Å²) in [5.41, 5.74) is 0.551. The van der Waals surface area contributed by atoms with Crippen LogP contribution in [0.1, 0.15) is 29.3 Å². The third kappa shape index (κ3) is 3.73. The van der Waals surface area contributed by atoms with Crippen LogP contribution in [0.5, 0.6) is 0 Å². The van der Waals surface area contributed by atoms with E-state index in [1.165, 1.54) is 6.07 Å². The molecule has 4 nitrogen and oxygen atoms in total. The minimum Gasteiger partial charge on any atom is -0.379 e. The molecule has 0 saturated carbocycles. The summed E-state index contributed by atoms with van der Waals surface area (Å²) in [5.74, 6) is -1.14. The number of benzene rings is 1. The average molecular weight is 316 g/mol. The van der Waals surface area contributed by atoms with E-state index < -0.39 is 11.7 Å². The molecular weight excluding hydrogens is 297 g/mol. The topological polar surface area (TPSA) is 47.6 Å². The van der Waals surface area contributed by atoms with E-state index in [-0.39, 0.29) is 22.7 Å². The zero-order chi connectivity index (χ0) is 15.4. The molecule has 1 aromatic rings. The van der Waals surface area contributed by atoms with Crippen LogP contribution < -0.4 is 5.32 Å². The van der Waals surface area contributed by atoms with Crippen LogP contribution in [0.3, 0.4) is 0 Å². The Hall–Kier alpha value is -1.17. The molecule has 2 atom stereocenters. The first-order valence-corrected chi connectivity index (χ1v) is 7.37. The monoisotopic (exact) mass is 315 g/mol. The third-order valence-electron chi connectivity index (χ3n) is 3.51. The number of rotatable bonds is 4. The van der Waals surface area contributed by atoms with E-state index in [1.807, 2.05) is 6.92 Å². The second kappa shape index (κ2) is 7.20. The Labute approximate surface area is 128 Å². The Morgan fingerprint density at radius 2 is 2.33 bits per heavy atom. The lowest BCUT2D eigenvalue weighted by Gasteiger charge is -2.32. The number of amides is 1. The van der Waals surface area contributed by atoms with Crippen LogP contribution in [0.2, 0.25) is 5.02 Å². The minimum absolute atomic E-state index is 0.113. The molecule has 1 amide bonds. The van der Waals surface area contributed by atoms with Crippen molar-refractivity contribution in [3.05, 3.63) is 34.1 Å². The first-order chi connectivity index (χ1) is 10.0.